The zero-order valence-corrected chi connectivity index (χ0v) is 17.1. The van der Waals surface area contributed by atoms with Crippen molar-refractivity contribution in [3.63, 3.8) is 0 Å². The average molecular weight is 437 g/mol. The normalized spacial score (nSPS) is 21.9. The molecular weight excluding hydrogens is 411 g/mol. The smallest absolute Gasteiger partial charge is 0.254 e. The second-order valence-electron chi connectivity index (χ2n) is 7.12. The Morgan fingerprint density at radius 1 is 1.10 bits per heavy atom. The van der Waals surface area contributed by atoms with Gasteiger partial charge in [0.2, 0.25) is 10.0 Å². The Balaban J connectivity index is 1.51. The van der Waals surface area contributed by atoms with Crippen LogP contribution < -0.4 is 10.0 Å². The number of carbonyl (C=O) groups is 1. The second-order valence-corrected chi connectivity index (χ2v) is 8.84. The SMILES string of the molecule is O=C(NCC[C@@H]1CC[C@@H](NS(=O)(=O)c2ccccc2)[C@@H](CO)O1)c1ccccc1F. The highest BCUT2D eigenvalue weighted by atomic mass is 32.2. The quantitative estimate of drug-likeness (QED) is 0.586. The molecule has 30 heavy (non-hydrogen) atoms. The maximum absolute atomic E-state index is 13.7. The molecule has 1 amide bonds. The topological polar surface area (TPSA) is 105 Å². The van der Waals surface area contributed by atoms with Gasteiger partial charge in [-0.1, -0.05) is 30.3 Å². The highest BCUT2D eigenvalue weighted by molar-refractivity contribution is 7.89. The van der Waals surface area contributed by atoms with E-state index in [1.807, 2.05) is 0 Å². The van der Waals surface area contributed by atoms with Crippen LogP contribution in [0.2, 0.25) is 0 Å². The van der Waals surface area contributed by atoms with Crippen molar-refractivity contribution in [2.24, 2.45) is 0 Å². The van der Waals surface area contributed by atoms with Crippen LogP contribution >= 0.6 is 0 Å². The van der Waals surface area contributed by atoms with Crippen molar-refractivity contribution in [3.05, 3.63) is 66.0 Å². The predicted octanol–water partition coefficient (Wildman–Crippen LogP) is 1.83. The molecule has 0 aliphatic carbocycles. The van der Waals surface area contributed by atoms with E-state index in [0.717, 1.165) is 0 Å². The molecule has 7 nitrogen and oxygen atoms in total. The van der Waals surface area contributed by atoms with Crippen LogP contribution in [0.25, 0.3) is 0 Å². The lowest BCUT2D eigenvalue weighted by Gasteiger charge is -2.36. The van der Waals surface area contributed by atoms with Gasteiger partial charge in [-0.15, -0.1) is 0 Å². The highest BCUT2D eigenvalue weighted by Crippen LogP contribution is 2.23. The predicted molar refractivity (Wildman–Crippen MR) is 109 cm³/mol. The van der Waals surface area contributed by atoms with Crippen LogP contribution in [0.15, 0.2) is 59.5 Å². The number of halogens is 1. The summed E-state index contributed by atoms with van der Waals surface area (Å²) in [5.41, 5.74) is -0.0225. The molecule has 3 N–H and O–H groups in total. The van der Waals surface area contributed by atoms with Gasteiger partial charge >= 0.3 is 0 Å². The monoisotopic (exact) mass is 436 g/mol. The van der Waals surface area contributed by atoms with Gasteiger partial charge < -0.3 is 15.2 Å². The Morgan fingerprint density at radius 3 is 2.50 bits per heavy atom. The number of hydrogen-bond acceptors (Lipinski definition) is 5. The number of aliphatic hydroxyl groups is 1. The van der Waals surface area contributed by atoms with Gasteiger partial charge in [-0.05, 0) is 43.5 Å². The van der Waals surface area contributed by atoms with E-state index in [9.17, 15) is 22.7 Å². The number of sulfonamides is 1. The summed E-state index contributed by atoms with van der Waals surface area (Å²) in [4.78, 5) is 12.2. The van der Waals surface area contributed by atoms with Gasteiger partial charge in [-0.3, -0.25) is 4.79 Å². The molecule has 2 aromatic carbocycles. The number of carbonyl (C=O) groups excluding carboxylic acids is 1. The molecule has 0 radical (unpaired) electrons. The highest BCUT2D eigenvalue weighted by Gasteiger charge is 2.33. The molecule has 0 aromatic heterocycles. The number of aliphatic hydroxyl groups excluding tert-OH is 1. The lowest BCUT2D eigenvalue weighted by Crippen LogP contribution is -2.51. The fourth-order valence-electron chi connectivity index (χ4n) is 3.43. The van der Waals surface area contributed by atoms with Gasteiger partial charge in [0.25, 0.3) is 5.91 Å². The van der Waals surface area contributed by atoms with Gasteiger partial charge in [0.15, 0.2) is 0 Å². The van der Waals surface area contributed by atoms with Crippen molar-refractivity contribution in [1.29, 1.82) is 0 Å². The third-order valence-electron chi connectivity index (χ3n) is 5.03. The molecule has 1 saturated heterocycles. The zero-order chi connectivity index (χ0) is 21.6. The number of hydrogen-bond donors (Lipinski definition) is 3. The summed E-state index contributed by atoms with van der Waals surface area (Å²) in [7, 11) is -3.72. The molecule has 3 atom stereocenters. The first-order valence-corrected chi connectivity index (χ1v) is 11.3. The van der Waals surface area contributed by atoms with Crippen LogP contribution in [0.4, 0.5) is 4.39 Å². The van der Waals surface area contributed by atoms with Crippen LogP contribution in [0.3, 0.4) is 0 Å². The zero-order valence-electron chi connectivity index (χ0n) is 16.3. The third-order valence-corrected chi connectivity index (χ3v) is 6.53. The van der Waals surface area contributed by atoms with Crippen molar-refractivity contribution < 1.29 is 27.4 Å². The molecule has 1 heterocycles. The first kappa shape index (κ1) is 22.4. The lowest BCUT2D eigenvalue weighted by molar-refractivity contribution is -0.0871. The summed E-state index contributed by atoms with van der Waals surface area (Å²) in [6.45, 7) is -0.0591. The van der Waals surface area contributed by atoms with Crippen molar-refractivity contribution in [2.75, 3.05) is 13.2 Å². The fraction of sp³-hybridized carbons (Fsp3) is 0.381. The molecule has 0 bridgehead atoms. The molecular formula is C21H25FN2O5S. The van der Waals surface area contributed by atoms with Crippen molar-refractivity contribution in [1.82, 2.24) is 10.0 Å². The Morgan fingerprint density at radius 2 is 1.80 bits per heavy atom. The number of benzene rings is 2. The largest absolute Gasteiger partial charge is 0.394 e. The van der Waals surface area contributed by atoms with E-state index in [1.54, 1.807) is 24.3 Å². The molecule has 1 aliphatic rings. The molecule has 0 unspecified atom stereocenters. The molecule has 2 aromatic rings. The Bertz CT molecular complexity index is 955. The lowest BCUT2D eigenvalue weighted by atomic mass is 9.98. The third kappa shape index (κ3) is 5.63. The van der Waals surface area contributed by atoms with Crippen LogP contribution in [-0.4, -0.2) is 50.8 Å². The van der Waals surface area contributed by atoms with Gasteiger partial charge in [0.05, 0.1) is 35.3 Å². The maximum Gasteiger partial charge on any atom is 0.254 e. The molecule has 1 aliphatic heterocycles. The molecule has 162 valence electrons. The Hall–Kier alpha value is -2.33. The van der Waals surface area contributed by atoms with Crippen LogP contribution in [0.1, 0.15) is 29.6 Å². The number of nitrogens with one attached hydrogen (secondary N) is 2. The number of ether oxygens (including phenoxy) is 1. The summed E-state index contributed by atoms with van der Waals surface area (Å²) < 4.78 is 47.2. The summed E-state index contributed by atoms with van der Waals surface area (Å²) >= 11 is 0. The summed E-state index contributed by atoms with van der Waals surface area (Å²) in [6.07, 6.45) is 0.580. The minimum absolute atomic E-state index is 0.0225. The number of rotatable bonds is 8. The summed E-state index contributed by atoms with van der Waals surface area (Å²) in [5, 5.41) is 12.3. The van der Waals surface area contributed by atoms with Crippen molar-refractivity contribution >= 4 is 15.9 Å². The Kier molecular flexibility index (Phi) is 7.54. The number of amides is 1. The van der Waals surface area contributed by atoms with E-state index >= 15 is 0 Å². The standard InChI is InChI=1S/C21H25FN2O5S/c22-18-9-5-4-8-17(18)21(26)23-13-12-15-10-11-19(20(14-25)29-15)24-30(27,28)16-6-2-1-3-7-16/h1-9,15,19-20,24-25H,10-14H2,(H,23,26)/t15-,19+,20+/m0/s1. The van der Waals surface area contributed by atoms with E-state index in [1.165, 1.54) is 30.3 Å². The molecule has 9 heteroatoms. The summed E-state index contributed by atoms with van der Waals surface area (Å²) in [5.74, 6) is -1.09. The second kappa shape index (κ2) is 10.1. The minimum atomic E-state index is -3.72. The van der Waals surface area contributed by atoms with Gasteiger partial charge in [0.1, 0.15) is 5.82 Å². The molecule has 0 saturated carbocycles. The molecule has 3 rings (SSSR count). The van der Waals surface area contributed by atoms with E-state index in [0.29, 0.717) is 19.3 Å². The Labute approximate surface area is 175 Å². The van der Waals surface area contributed by atoms with Gasteiger partial charge in [0, 0.05) is 6.54 Å². The van der Waals surface area contributed by atoms with E-state index in [2.05, 4.69) is 10.0 Å². The molecule has 1 fully saturated rings. The van der Waals surface area contributed by atoms with E-state index in [4.69, 9.17) is 4.74 Å². The average Bonchev–Trinajstić information content (AvgIpc) is 2.75. The van der Waals surface area contributed by atoms with E-state index < -0.39 is 33.9 Å². The first-order valence-electron chi connectivity index (χ1n) is 9.77. The van der Waals surface area contributed by atoms with Gasteiger partial charge in [-0.2, -0.15) is 0 Å². The van der Waals surface area contributed by atoms with Gasteiger partial charge in [-0.25, -0.2) is 17.5 Å². The minimum Gasteiger partial charge on any atom is -0.394 e. The maximum atomic E-state index is 13.7. The van der Waals surface area contributed by atoms with Crippen LogP contribution in [-0.2, 0) is 14.8 Å². The van der Waals surface area contributed by atoms with E-state index in [-0.39, 0.29) is 29.7 Å². The fourth-order valence-corrected chi connectivity index (χ4v) is 4.75. The first-order chi connectivity index (χ1) is 14.4. The molecule has 0 spiro atoms. The van der Waals surface area contributed by atoms with Crippen molar-refractivity contribution in [2.45, 2.75) is 42.4 Å². The summed E-state index contributed by atoms with van der Waals surface area (Å²) in [6, 6.07) is 13.2. The van der Waals surface area contributed by atoms with Crippen molar-refractivity contribution in [3.8, 4) is 0 Å². The van der Waals surface area contributed by atoms with Crippen LogP contribution in [0.5, 0.6) is 0 Å². The van der Waals surface area contributed by atoms with Crippen LogP contribution in [0, 0.1) is 5.82 Å².